The normalized spacial score (nSPS) is 11.2. The van der Waals surface area contributed by atoms with Crippen LogP contribution in [0, 0.1) is 0 Å². The Morgan fingerprint density at radius 1 is 1.46 bits per heavy atom. The molecule has 4 heteroatoms. The summed E-state index contributed by atoms with van der Waals surface area (Å²) in [5.74, 6) is 0.650. The molecule has 0 radical (unpaired) electrons. The fraction of sp³-hybridized carbons (Fsp3) is 0.222. The molecule has 3 nitrogen and oxygen atoms in total. The van der Waals surface area contributed by atoms with Gasteiger partial charge >= 0.3 is 0 Å². The van der Waals surface area contributed by atoms with Gasteiger partial charge in [-0.2, -0.15) is 0 Å². The van der Waals surface area contributed by atoms with E-state index in [0.717, 1.165) is 5.56 Å². The largest absolute Gasteiger partial charge is 0.496 e. The summed E-state index contributed by atoms with van der Waals surface area (Å²) in [6, 6.07) is 6.61. The summed E-state index contributed by atoms with van der Waals surface area (Å²) in [7, 11) is 1.55. The van der Waals surface area contributed by atoms with Gasteiger partial charge in [0.2, 0.25) is 0 Å². The second kappa shape index (κ2) is 5.56. The number of benzene rings is 1. The number of nitrogens with two attached hydrogens (primary N) is 1. The molecule has 0 saturated heterocycles. The second-order valence-corrected chi connectivity index (χ2v) is 2.40. The molecule has 0 aliphatic rings. The molecule has 0 aliphatic heterocycles. The van der Waals surface area contributed by atoms with Crippen molar-refractivity contribution in [1.29, 1.82) is 0 Å². The maximum Gasteiger partial charge on any atom is 0.141 e. The van der Waals surface area contributed by atoms with Crippen LogP contribution in [0.15, 0.2) is 24.3 Å². The van der Waals surface area contributed by atoms with E-state index < -0.39 is 6.04 Å². The summed E-state index contributed by atoms with van der Waals surface area (Å²) < 4.78 is 5.03. The van der Waals surface area contributed by atoms with E-state index in [0.29, 0.717) is 12.0 Å². The van der Waals surface area contributed by atoms with Crippen molar-refractivity contribution in [3.63, 3.8) is 0 Å². The molecule has 0 heterocycles. The summed E-state index contributed by atoms with van der Waals surface area (Å²) in [5, 5.41) is 0. The summed E-state index contributed by atoms with van der Waals surface area (Å²) >= 11 is 0. The number of carbonyl (C=O) groups excluding carboxylic acids is 1. The topological polar surface area (TPSA) is 52.3 Å². The van der Waals surface area contributed by atoms with E-state index in [1.807, 2.05) is 12.1 Å². The molecule has 0 aromatic heterocycles. The van der Waals surface area contributed by atoms with Crippen molar-refractivity contribution in [1.82, 2.24) is 0 Å². The molecule has 1 aromatic carbocycles. The van der Waals surface area contributed by atoms with Crippen LogP contribution in [-0.2, 0) is 4.79 Å². The van der Waals surface area contributed by atoms with Gasteiger partial charge < -0.3 is 15.3 Å². The van der Waals surface area contributed by atoms with Gasteiger partial charge in [0.05, 0.1) is 13.2 Å². The highest BCUT2D eigenvalue weighted by Gasteiger charge is 2.08. The standard InChI is InChI=1S/C9H11NO2.ClH/c1-12-9-5-3-2-4-7(9)8(10)6-11;/h2-6,8H,10H2,1H3;1H. The van der Waals surface area contributed by atoms with E-state index in [1.54, 1.807) is 19.2 Å². The maximum absolute atomic E-state index is 10.4. The van der Waals surface area contributed by atoms with Crippen molar-refractivity contribution in [2.24, 2.45) is 5.73 Å². The van der Waals surface area contributed by atoms with Crippen LogP contribution < -0.4 is 10.5 Å². The Hall–Kier alpha value is -1.06. The van der Waals surface area contributed by atoms with E-state index >= 15 is 0 Å². The van der Waals surface area contributed by atoms with Crippen molar-refractivity contribution < 1.29 is 9.53 Å². The van der Waals surface area contributed by atoms with Gasteiger partial charge in [0.1, 0.15) is 12.0 Å². The summed E-state index contributed by atoms with van der Waals surface area (Å²) in [5.41, 5.74) is 6.24. The minimum atomic E-state index is -0.596. The average molecular weight is 202 g/mol. The monoisotopic (exact) mass is 201 g/mol. The third-order valence-electron chi connectivity index (χ3n) is 1.64. The number of ether oxygens (including phenoxy) is 1. The van der Waals surface area contributed by atoms with Crippen molar-refractivity contribution >= 4 is 18.7 Å². The third-order valence-corrected chi connectivity index (χ3v) is 1.64. The fourth-order valence-electron chi connectivity index (χ4n) is 1.02. The number of aldehydes is 1. The van der Waals surface area contributed by atoms with Gasteiger partial charge in [-0.15, -0.1) is 12.4 Å². The average Bonchev–Trinajstić information content (AvgIpc) is 2.16. The number of rotatable bonds is 3. The molecular formula is C9H12ClNO2. The Morgan fingerprint density at radius 3 is 2.62 bits per heavy atom. The van der Waals surface area contributed by atoms with E-state index in [2.05, 4.69) is 0 Å². The van der Waals surface area contributed by atoms with Gasteiger partial charge in [-0.25, -0.2) is 0 Å². The summed E-state index contributed by atoms with van der Waals surface area (Å²) in [6.45, 7) is 0. The molecule has 0 fully saturated rings. The molecule has 1 unspecified atom stereocenters. The SMILES string of the molecule is COc1ccccc1C(N)C=O.Cl. The molecule has 0 aliphatic carbocycles. The zero-order valence-electron chi connectivity index (χ0n) is 7.27. The number of para-hydroxylation sites is 1. The van der Waals surface area contributed by atoms with E-state index in [4.69, 9.17) is 10.5 Å². The maximum atomic E-state index is 10.4. The molecule has 1 aromatic rings. The van der Waals surface area contributed by atoms with Crippen molar-refractivity contribution in [3.8, 4) is 5.75 Å². The zero-order chi connectivity index (χ0) is 8.97. The molecule has 0 bridgehead atoms. The number of hydrogen-bond acceptors (Lipinski definition) is 3. The van der Waals surface area contributed by atoms with Gasteiger partial charge in [0.15, 0.2) is 0 Å². The molecule has 0 amide bonds. The van der Waals surface area contributed by atoms with E-state index in [1.165, 1.54) is 0 Å². The van der Waals surface area contributed by atoms with Crippen LogP contribution in [0.25, 0.3) is 0 Å². The quantitative estimate of drug-likeness (QED) is 0.751. The molecule has 1 atom stereocenters. The predicted octanol–water partition coefficient (Wildman–Crippen LogP) is 1.32. The lowest BCUT2D eigenvalue weighted by molar-refractivity contribution is -0.109. The van der Waals surface area contributed by atoms with Crippen LogP contribution in [0.2, 0.25) is 0 Å². The van der Waals surface area contributed by atoms with Gasteiger partial charge in [-0.3, -0.25) is 0 Å². The van der Waals surface area contributed by atoms with Crippen LogP contribution in [-0.4, -0.2) is 13.4 Å². The first-order chi connectivity index (χ1) is 5.79. The van der Waals surface area contributed by atoms with Crippen LogP contribution in [0.1, 0.15) is 11.6 Å². The smallest absolute Gasteiger partial charge is 0.141 e. The minimum Gasteiger partial charge on any atom is -0.496 e. The molecule has 2 N–H and O–H groups in total. The van der Waals surface area contributed by atoms with E-state index in [9.17, 15) is 4.79 Å². The second-order valence-electron chi connectivity index (χ2n) is 2.40. The van der Waals surface area contributed by atoms with Crippen molar-refractivity contribution in [3.05, 3.63) is 29.8 Å². The van der Waals surface area contributed by atoms with Gasteiger partial charge in [-0.05, 0) is 6.07 Å². The van der Waals surface area contributed by atoms with Gasteiger partial charge in [0.25, 0.3) is 0 Å². The lowest BCUT2D eigenvalue weighted by Gasteiger charge is -2.09. The number of methoxy groups -OCH3 is 1. The third kappa shape index (κ3) is 2.72. The lowest BCUT2D eigenvalue weighted by atomic mass is 10.1. The Bertz CT molecular complexity index is 278. The Balaban J connectivity index is 0.00000144. The van der Waals surface area contributed by atoms with Crippen LogP contribution in [0.4, 0.5) is 0 Å². The first kappa shape index (κ1) is 11.9. The Labute approximate surface area is 83.3 Å². The minimum absolute atomic E-state index is 0. The molecule has 72 valence electrons. The summed E-state index contributed by atoms with van der Waals surface area (Å²) in [6.07, 6.45) is 0.692. The van der Waals surface area contributed by atoms with Crippen molar-refractivity contribution in [2.45, 2.75) is 6.04 Å². The summed E-state index contributed by atoms with van der Waals surface area (Å²) in [4.78, 5) is 10.4. The first-order valence-corrected chi connectivity index (χ1v) is 3.63. The van der Waals surface area contributed by atoms with Crippen LogP contribution >= 0.6 is 12.4 Å². The van der Waals surface area contributed by atoms with Crippen LogP contribution in [0.3, 0.4) is 0 Å². The zero-order valence-corrected chi connectivity index (χ0v) is 8.08. The van der Waals surface area contributed by atoms with Gasteiger partial charge in [0, 0.05) is 5.56 Å². The van der Waals surface area contributed by atoms with Crippen LogP contribution in [0.5, 0.6) is 5.75 Å². The van der Waals surface area contributed by atoms with Gasteiger partial charge in [-0.1, -0.05) is 18.2 Å². The molecule has 0 spiro atoms. The Kier molecular flexibility index (Phi) is 5.11. The highest BCUT2D eigenvalue weighted by atomic mass is 35.5. The highest BCUT2D eigenvalue weighted by molar-refractivity contribution is 5.85. The van der Waals surface area contributed by atoms with Crippen molar-refractivity contribution in [2.75, 3.05) is 7.11 Å². The number of carbonyl (C=O) groups is 1. The molecular weight excluding hydrogens is 190 g/mol. The predicted molar refractivity (Wildman–Crippen MR) is 53.2 cm³/mol. The number of halogens is 1. The first-order valence-electron chi connectivity index (χ1n) is 3.63. The fourth-order valence-corrected chi connectivity index (χ4v) is 1.02. The highest BCUT2D eigenvalue weighted by Crippen LogP contribution is 2.21. The number of hydrogen-bond donors (Lipinski definition) is 1. The molecule has 1 rings (SSSR count). The Morgan fingerprint density at radius 2 is 2.08 bits per heavy atom. The molecule has 0 saturated carbocycles. The molecule has 13 heavy (non-hydrogen) atoms. The van der Waals surface area contributed by atoms with E-state index in [-0.39, 0.29) is 12.4 Å². The lowest BCUT2D eigenvalue weighted by Crippen LogP contribution is -2.12.